The van der Waals surface area contributed by atoms with Crippen LogP contribution in [0.2, 0.25) is 0 Å². The van der Waals surface area contributed by atoms with E-state index in [0.29, 0.717) is 18.1 Å². The number of hydrogen-bond acceptors (Lipinski definition) is 6. The highest BCUT2D eigenvalue weighted by molar-refractivity contribution is 7.99. The molecule has 7 nitrogen and oxygen atoms in total. The van der Waals surface area contributed by atoms with Crippen LogP contribution in [0, 0.1) is 24.0 Å². The van der Waals surface area contributed by atoms with Gasteiger partial charge in [-0.1, -0.05) is 29.3 Å². The zero-order valence-electron chi connectivity index (χ0n) is 18.5. The molecule has 0 bridgehead atoms. The van der Waals surface area contributed by atoms with E-state index in [4.69, 9.17) is 4.74 Å². The van der Waals surface area contributed by atoms with Crippen molar-refractivity contribution in [3.63, 3.8) is 0 Å². The van der Waals surface area contributed by atoms with E-state index in [9.17, 15) is 14.9 Å². The first-order valence-corrected chi connectivity index (χ1v) is 11.5. The number of nitrogens with zero attached hydrogens (tertiary/aromatic N) is 2. The quantitative estimate of drug-likeness (QED) is 0.254. The van der Waals surface area contributed by atoms with Crippen LogP contribution in [0.15, 0.2) is 71.8 Å². The minimum Gasteiger partial charge on any atom is -0.489 e. The van der Waals surface area contributed by atoms with Gasteiger partial charge in [0.2, 0.25) is 5.91 Å². The maximum Gasteiger partial charge on any atom is 0.269 e. The lowest BCUT2D eigenvalue weighted by Gasteiger charge is -2.06. The van der Waals surface area contributed by atoms with Crippen LogP contribution < -0.4 is 10.2 Å². The van der Waals surface area contributed by atoms with Crippen LogP contribution in [0.25, 0.3) is 0 Å². The summed E-state index contributed by atoms with van der Waals surface area (Å²) in [7, 11) is 0. The summed E-state index contributed by atoms with van der Waals surface area (Å²) in [4.78, 5) is 22.3. The second-order valence-electron chi connectivity index (χ2n) is 7.56. The molecule has 0 saturated carbocycles. The van der Waals surface area contributed by atoms with Crippen molar-refractivity contribution in [3.05, 3.63) is 105 Å². The number of aryl methyl sites for hydroxylation is 2. The van der Waals surface area contributed by atoms with Gasteiger partial charge in [-0.2, -0.15) is 5.10 Å². The van der Waals surface area contributed by atoms with Crippen molar-refractivity contribution in [2.24, 2.45) is 5.10 Å². The summed E-state index contributed by atoms with van der Waals surface area (Å²) in [6.07, 6.45) is 1.58. The van der Waals surface area contributed by atoms with E-state index in [1.807, 2.05) is 12.1 Å². The SMILES string of the molecule is Cc1cc(C)cc(CSCC(=O)N/N=C/c2ccc(OCc3ccc([N+](=O)[O-])cc3)cc2)c1. The second-order valence-corrected chi connectivity index (χ2v) is 8.55. The molecule has 0 heterocycles. The van der Waals surface area contributed by atoms with Gasteiger partial charge in [0, 0.05) is 17.9 Å². The van der Waals surface area contributed by atoms with Crippen LogP contribution in [-0.4, -0.2) is 22.8 Å². The molecule has 1 amide bonds. The van der Waals surface area contributed by atoms with E-state index in [-0.39, 0.29) is 11.6 Å². The van der Waals surface area contributed by atoms with Crippen LogP contribution in [0.5, 0.6) is 5.75 Å². The Morgan fingerprint density at radius 3 is 2.33 bits per heavy atom. The summed E-state index contributed by atoms with van der Waals surface area (Å²) >= 11 is 1.55. The van der Waals surface area contributed by atoms with Gasteiger partial charge < -0.3 is 4.74 Å². The number of nitro benzene ring substituents is 1. The molecule has 0 aliphatic heterocycles. The van der Waals surface area contributed by atoms with Crippen molar-refractivity contribution >= 4 is 29.6 Å². The summed E-state index contributed by atoms with van der Waals surface area (Å²) in [5.74, 6) is 1.63. The molecule has 0 aliphatic rings. The molecule has 0 radical (unpaired) electrons. The number of nitrogens with one attached hydrogen (secondary N) is 1. The van der Waals surface area contributed by atoms with Crippen molar-refractivity contribution in [1.82, 2.24) is 5.43 Å². The average molecular weight is 464 g/mol. The Kier molecular flexibility index (Phi) is 8.60. The number of rotatable bonds is 10. The van der Waals surface area contributed by atoms with Gasteiger partial charge in [-0.25, -0.2) is 5.43 Å². The molecule has 170 valence electrons. The molecule has 1 N–H and O–H groups in total. The summed E-state index contributed by atoms with van der Waals surface area (Å²) < 4.78 is 5.70. The number of benzene rings is 3. The number of carbonyl (C=O) groups excluding carboxylic acids is 1. The number of nitro groups is 1. The monoisotopic (exact) mass is 463 g/mol. The third-order valence-electron chi connectivity index (χ3n) is 4.62. The lowest BCUT2D eigenvalue weighted by atomic mass is 10.1. The molecule has 0 aromatic heterocycles. The predicted molar refractivity (Wildman–Crippen MR) is 132 cm³/mol. The van der Waals surface area contributed by atoms with Gasteiger partial charge in [0.05, 0.1) is 16.9 Å². The van der Waals surface area contributed by atoms with Gasteiger partial charge >= 0.3 is 0 Å². The molecule has 0 atom stereocenters. The summed E-state index contributed by atoms with van der Waals surface area (Å²) in [6, 6.07) is 19.9. The highest BCUT2D eigenvalue weighted by Crippen LogP contribution is 2.17. The normalized spacial score (nSPS) is 10.8. The van der Waals surface area contributed by atoms with E-state index >= 15 is 0 Å². The number of thioether (sulfide) groups is 1. The topological polar surface area (TPSA) is 93.8 Å². The van der Waals surface area contributed by atoms with Crippen LogP contribution in [0.1, 0.15) is 27.8 Å². The number of amides is 1. The first-order chi connectivity index (χ1) is 15.9. The van der Waals surface area contributed by atoms with E-state index in [2.05, 4.69) is 42.6 Å². The van der Waals surface area contributed by atoms with Crippen molar-refractivity contribution < 1.29 is 14.5 Å². The molecule has 8 heteroatoms. The molecule has 33 heavy (non-hydrogen) atoms. The first kappa shape index (κ1) is 24.0. The van der Waals surface area contributed by atoms with E-state index < -0.39 is 4.92 Å². The van der Waals surface area contributed by atoms with Gasteiger partial charge in [-0.15, -0.1) is 11.8 Å². The number of hydrogen-bond donors (Lipinski definition) is 1. The van der Waals surface area contributed by atoms with Crippen LogP contribution in [-0.2, 0) is 17.2 Å². The molecule has 0 spiro atoms. The molecule has 0 saturated heterocycles. The largest absolute Gasteiger partial charge is 0.489 e. The average Bonchev–Trinajstić information content (AvgIpc) is 2.78. The van der Waals surface area contributed by atoms with Crippen LogP contribution in [0.3, 0.4) is 0 Å². The fourth-order valence-corrected chi connectivity index (χ4v) is 3.91. The Hall–Kier alpha value is -3.65. The van der Waals surface area contributed by atoms with Crippen molar-refractivity contribution in [2.75, 3.05) is 5.75 Å². The minimum atomic E-state index is -0.432. The van der Waals surface area contributed by atoms with Crippen LogP contribution in [0.4, 0.5) is 5.69 Å². The zero-order chi connectivity index (χ0) is 23.6. The Morgan fingerprint density at radius 2 is 1.70 bits per heavy atom. The zero-order valence-corrected chi connectivity index (χ0v) is 19.3. The maximum absolute atomic E-state index is 12.0. The molecule has 3 rings (SSSR count). The molecule has 0 aliphatic carbocycles. The molecule has 0 fully saturated rings. The van der Waals surface area contributed by atoms with Crippen molar-refractivity contribution in [3.8, 4) is 5.75 Å². The number of hydrazone groups is 1. The number of carbonyl (C=O) groups is 1. The Morgan fingerprint density at radius 1 is 1.03 bits per heavy atom. The highest BCUT2D eigenvalue weighted by Gasteiger charge is 2.05. The summed E-state index contributed by atoms with van der Waals surface area (Å²) in [5.41, 5.74) is 7.91. The molecular weight excluding hydrogens is 438 g/mol. The van der Waals surface area contributed by atoms with Gasteiger partial charge in [0.1, 0.15) is 12.4 Å². The fourth-order valence-electron chi connectivity index (χ4n) is 3.16. The first-order valence-electron chi connectivity index (χ1n) is 10.3. The standard InChI is InChI=1S/C25H25N3O4S/c1-18-11-19(2)13-22(12-18)16-33-17-25(29)27-26-14-20-5-9-24(10-6-20)32-15-21-3-7-23(8-4-21)28(30)31/h3-14H,15-17H2,1-2H3,(H,27,29)/b26-14+. The Balaban J connectivity index is 1.39. The predicted octanol–water partition coefficient (Wildman–Crippen LogP) is 5.17. The van der Waals surface area contributed by atoms with E-state index in [0.717, 1.165) is 16.9 Å². The molecule has 0 unspecified atom stereocenters. The molecule has 3 aromatic carbocycles. The number of ether oxygens (including phenoxy) is 1. The van der Waals surface area contributed by atoms with Gasteiger partial charge in [-0.05, 0) is 66.9 Å². The van der Waals surface area contributed by atoms with Gasteiger partial charge in [-0.3, -0.25) is 14.9 Å². The summed E-state index contributed by atoms with van der Waals surface area (Å²) in [6.45, 7) is 4.45. The Bertz CT molecular complexity index is 1110. The van der Waals surface area contributed by atoms with Gasteiger partial charge in [0.15, 0.2) is 0 Å². The van der Waals surface area contributed by atoms with Crippen molar-refractivity contribution in [2.45, 2.75) is 26.2 Å². The summed E-state index contributed by atoms with van der Waals surface area (Å²) in [5, 5.41) is 14.7. The maximum atomic E-state index is 12.0. The van der Waals surface area contributed by atoms with Crippen molar-refractivity contribution in [1.29, 1.82) is 0 Å². The third kappa shape index (κ3) is 8.08. The van der Waals surface area contributed by atoms with E-state index in [1.54, 1.807) is 42.2 Å². The van der Waals surface area contributed by atoms with Crippen LogP contribution >= 0.6 is 11.8 Å². The highest BCUT2D eigenvalue weighted by atomic mass is 32.2. The number of non-ortho nitro benzene ring substituents is 1. The lowest BCUT2D eigenvalue weighted by molar-refractivity contribution is -0.384. The van der Waals surface area contributed by atoms with Gasteiger partial charge in [0.25, 0.3) is 5.69 Å². The minimum absolute atomic E-state index is 0.0504. The lowest BCUT2D eigenvalue weighted by Crippen LogP contribution is -2.19. The Labute approximate surface area is 197 Å². The third-order valence-corrected chi connectivity index (χ3v) is 5.62. The van der Waals surface area contributed by atoms with E-state index in [1.165, 1.54) is 28.8 Å². The molecular formula is C25H25N3O4S. The molecule has 3 aromatic rings. The fraction of sp³-hybridized carbons (Fsp3) is 0.200. The second kappa shape index (κ2) is 11.8. The smallest absolute Gasteiger partial charge is 0.269 e.